The van der Waals surface area contributed by atoms with Gasteiger partial charge in [-0.05, 0) is 6.92 Å². The second kappa shape index (κ2) is 2.78. The Hall–Kier alpha value is -0.910. The highest BCUT2D eigenvalue weighted by Gasteiger charge is 1.98. The molecular formula is C4H7N3O2S. The molecule has 56 valence electrons. The Morgan fingerprint density at radius 3 is 2.70 bits per heavy atom. The fraction of sp³-hybridized carbons (Fsp3) is 0.500. The molecule has 0 amide bonds. The Bertz CT molecular complexity index is 282. The van der Waals surface area contributed by atoms with Gasteiger partial charge in [0.05, 0.1) is 12.7 Å². The van der Waals surface area contributed by atoms with Gasteiger partial charge in [0.2, 0.25) is 0 Å². The monoisotopic (exact) mass is 161 g/mol. The molecule has 0 saturated carbocycles. The van der Waals surface area contributed by atoms with E-state index in [2.05, 4.69) is 10.2 Å². The molecule has 0 unspecified atom stereocenters. The van der Waals surface area contributed by atoms with Gasteiger partial charge in [0.1, 0.15) is 0 Å². The maximum absolute atomic E-state index is 10.3. The van der Waals surface area contributed by atoms with Crippen molar-refractivity contribution in [3.05, 3.63) is 6.20 Å². The fourth-order valence-electron chi connectivity index (χ4n) is 0.524. The summed E-state index contributed by atoms with van der Waals surface area (Å²) in [4.78, 5) is 1.32. The molecule has 10 heavy (non-hydrogen) atoms. The van der Waals surface area contributed by atoms with Gasteiger partial charge < -0.3 is 0 Å². The van der Waals surface area contributed by atoms with Crippen molar-refractivity contribution < 1.29 is 8.42 Å². The average Bonchev–Trinajstić information content (AvgIpc) is 2.34. The molecule has 0 saturated heterocycles. The van der Waals surface area contributed by atoms with Gasteiger partial charge in [0.25, 0.3) is 0 Å². The summed E-state index contributed by atoms with van der Waals surface area (Å²) in [7, 11) is -2.57. The number of thiol groups is 1. The van der Waals surface area contributed by atoms with Crippen LogP contribution in [0.4, 0.5) is 0 Å². The van der Waals surface area contributed by atoms with Crippen molar-refractivity contribution >= 4 is 10.7 Å². The highest BCUT2D eigenvalue weighted by molar-refractivity contribution is 7.72. The van der Waals surface area contributed by atoms with E-state index >= 15 is 0 Å². The van der Waals surface area contributed by atoms with Crippen LogP contribution in [0.1, 0.15) is 6.92 Å². The van der Waals surface area contributed by atoms with E-state index in [1.165, 1.54) is 11.0 Å². The van der Waals surface area contributed by atoms with Gasteiger partial charge in [-0.15, -0.1) is 5.10 Å². The molecule has 0 aliphatic rings. The molecule has 0 spiro atoms. The van der Waals surface area contributed by atoms with Crippen molar-refractivity contribution in [1.82, 2.24) is 15.0 Å². The maximum atomic E-state index is 10.3. The third-order valence-electron chi connectivity index (χ3n) is 0.994. The highest BCUT2D eigenvalue weighted by atomic mass is 32.2. The zero-order valence-electron chi connectivity index (χ0n) is 5.39. The van der Waals surface area contributed by atoms with Crippen molar-refractivity contribution in [2.45, 2.75) is 18.5 Å². The Morgan fingerprint density at radius 1 is 1.70 bits per heavy atom. The predicted octanol–water partition coefficient (Wildman–Crippen LogP) is -0.732. The molecule has 1 aromatic heterocycles. The van der Waals surface area contributed by atoms with E-state index in [0.717, 1.165) is 0 Å². The van der Waals surface area contributed by atoms with E-state index in [1.54, 1.807) is 0 Å². The molecule has 0 bridgehead atoms. The molecule has 0 fully saturated rings. The minimum atomic E-state index is -2.57. The Balaban J connectivity index is 2.99. The lowest BCUT2D eigenvalue weighted by atomic mass is 10.8. The number of nitrogens with zero attached hydrogens (tertiary/aromatic N) is 3. The largest absolute Gasteiger partial charge is 0.225 e. The second-order valence-corrected chi connectivity index (χ2v) is 2.62. The third-order valence-corrected chi connectivity index (χ3v) is 1.57. The lowest BCUT2D eigenvalue weighted by Gasteiger charge is -1.86. The minimum absolute atomic E-state index is 0.0249. The maximum Gasteiger partial charge on any atom is 0.194 e. The lowest BCUT2D eigenvalue weighted by molar-refractivity contribution is 0.553. The van der Waals surface area contributed by atoms with E-state index < -0.39 is 10.7 Å². The standard InChI is InChI=1S/C4H7N3O2S/c1-2-7-5-3-4(6-7)10(8)9/h3,10H,2H2,1H3. The molecule has 1 aromatic rings. The Kier molecular flexibility index (Phi) is 2.00. The van der Waals surface area contributed by atoms with Crippen LogP contribution in [0.15, 0.2) is 11.2 Å². The van der Waals surface area contributed by atoms with Crippen molar-refractivity contribution in [2.24, 2.45) is 0 Å². The normalized spacial score (nSPS) is 10.6. The van der Waals surface area contributed by atoms with Crippen LogP contribution in [0, 0.1) is 0 Å². The molecule has 1 rings (SSSR count). The minimum Gasteiger partial charge on any atom is -0.225 e. The predicted molar refractivity (Wildman–Crippen MR) is 34.3 cm³/mol. The summed E-state index contributed by atoms with van der Waals surface area (Å²) in [6.45, 7) is 2.42. The average molecular weight is 161 g/mol. The second-order valence-electron chi connectivity index (χ2n) is 1.65. The summed E-state index contributed by atoms with van der Waals surface area (Å²) in [6, 6.07) is 0. The molecule has 5 nitrogen and oxygen atoms in total. The summed E-state index contributed by atoms with van der Waals surface area (Å²) in [5, 5.41) is 7.34. The first-order valence-electron chi connectivity index (χ1n) is 2.78. The number of hydrogen-bond acceptors (Lipinski definition) is 4. The fourth-order valence-corrected chi connectivity index (χ4v) is 0.846. The quantitative estimate of drug-likeness (QED) is 0.581. The van der Waals surface area contributed by atoms with Gasteiger partial charge >= 0.3 is 0 Å². The lowest BCUT2D eigenvalue weighted by Crippen LogP contribution is -1.98. The topological polar surface area (TPSA) is 64.8 Å². The summed E-state index contributed by atoms with van der Waals surface area (Å²) in [5.74, 6) is 0. The Morgan fingerprint density at radius 2 is 2.40 bits per heavy atom. The van der Waals surface area contributed by atoms with Gasteiger partial charge in [-0.2, -0.15) is 9.90 Å². The van der Waals surface area contributed by atoms with Gasteiger partial charge in [-0.1, -0.05) is 0 Å². The van der Waals surface area contributed by atoms with E-state index in [0.29, 0.717) is 6.54 Å². The van der Waals surface area contributed by atoms with Crippen molar-refractivity contribution in [1.29, 1.82) is 0 Å². The molecule has 6 heteroatoms. The van der Waals surface area contributed by atoms with E-state index in [1.807, 2.05) is 6.92 Å². The van der Waals surface area contributed by atoms with E-state index in [9.17, 15) is 8.42 Å². The molecule has 0 aliphatic carbocycles. The molecule has 0 aromatic carbocycles. The van der Waals surface area contributed by atoms with Gasteiger partial charge in [-0.3, -0.25) is 0 Å². The van der Waals surface area contributed by atoms with Crippen LogP contribution >= 0.6 is 0 Å². The van der Waals surface area contributed by atoms with Crippen LogP contribution < -0.4 is 0 Å². The van der Waals surface area contributed by atoms with E-state index in [4.69, 9.17) is 0 Å². The van der Waals surface area contributed by atoms with Gasteiger partial charge in [0.15, 0.2) is 15.7 Å². The van der Waals surface area contributed by atoms with Gasteiger partial charge in [-0.25, -0.2) is 8.42 Å². The number of rotatable bonds is 2. The summed E-state index contributed by atoms with van der Waals surface area (Å²) in [6.07, 6.45) is 1.23. The zero-order chi connectivity index (χ0) is 7.56. The first-order chi connectivity index (χ1) is 4.74. The number of hydrogen-bond donors (Lipinski definition) is 1. The zero-order valence-corrected chi connectivity index (χ0v) is 6.28. The molecule has 0 radical (unpaired) electrons. The first kappa shape index (κ1) is 7.20. The molecule has 0 aliphatic heterocycles. The van der Waals surface area contributed by atoms with Crippen LogP contribution in [0.2, 0.25) is 0 Å². The van der Waals surface area contributed by atoms with Crippen LogP contribution in [0.5, 0.6) is 0 Å². The summed E-state index contributed by atoms with van der Waals surface area (Å²) >= 11 is 0. The SMILES string of the molecule is CCn1ncc([SH](=O)=O)n1. The van der Waals surface area contributed by atoms with Crippen LogP contribution in [0.3, 0.4) is 0 Å². The molecular weight excluding hydrogens is 154 g/mol. The van der Waals surface area contributed by atoms with E-state index in [-0.39, 0.29) is 5.03 Å². The van der Waals surface area contributed by atoms with Gasteiger partial charge in [0, 0.05) is 0 Å². The Labute approximate surface area is 59.6 Å². The van der Waals surface area contributed by atoms with Crippen LogP contribution in [-0.4, -0.2) is 23.4 Å². The van der Waals surface area contributed by atoms with Crippen molar-refractivity contribution in [3.63, 3.8) is 0 Å². The molecule has 0 atom stereocenters. The molecule has 1 heterocycles. The van der Waals surface area contributed by atoms with Crippen LogP contribution in [-0.2, 0) is 17.2 Å². The number of aryl methyl sites for hydroxylation is 1. The smallest absolute Gasteiger partial charge is 0.194 e. The van der Waals surface area contributed by atoms with Crippen LogP contribution in [0.25, 0.3) is 0 Å². The van der Waals surface area contributed by atoms with Crippen molar-refractivity contribution in [3.8, 4) is 0 Å². The summed E-state index contributed by atoms with van der Waals surface area (Å²) < 4.78 is 20.5. The third kappa shape index (κ3) is 1.32. The first-order valence-corrected chi connectivity index (χ1v) is 3.96. The summed E-state index contributed by atoms with van der Waals surface area (Å²) in [5.41, 5.74) is 0. The molecule has 0 N–H and O–H groups in total. The highest BCUT2D eigenvalue weighted by Crippen LogP contribution is 1.91. The number of aromatic nitrogens is 3. The van der Waals surface area contributed by atoms with Crippen molar-refractivity contribution in [2.75, 3.05) is 0 Å².